The molecule has 0 aliphatic rings. The minimum absolute atomic E-state index is 0. The van der Waals surface area contributed by atoms with Gasteiger partial charge in [-0.3, -0.25) is 10.2 Å². The number of likely N-dealkylation sites (N-methyl/N-ethyl adjacent to an activating group) is 1. The van der Waals surface area contributed by atoms with Gasteiger partial charge in [0.15, 0.2) is 5.96 Å². The summed E-state index contributed by atoms with van der Waals surface area (Å²) in [5, 5.41) is 14.9. The molecule has 0 amide bonds. The second kappa shape index (κ2) is 12.3. The van der Waals surface area contributed by atoms with Crippen LogP contribution in [0.3, 0.4) is 0 Å². The Balaban J connectivity index is -0.0000000904. The van der Waals surface area contributed by atoms with Crippen molar-refractivity contribution in [1.29, 1.82) is 5.41 Å². The van der Waals surface area contributed by atoms with Gasteiger partial charge in [0.25, 0.3) is 0 Å². The molecule has 9 nitrogen and oxygen atoms in total. The zero-order valence-electron chi connectivity index (χ0n) is 7.28. The van der Waals surface area contributed by atoms with E-state index >= 15 is 0 Å². The Bertz CT molecular complexity index is 250. The van der Waals surface area contributed by atoms with Crippen LogP contribution in [0.1, 0.15) is 0 Å². The Hall–Kier alpha value is 0.850. The van der Waals surface area contributed by atoms with Crippen LogP contribution in [0.15, 0.2) is 0 Å². The average molecular weight is 277 g/mol. The van der Waals surface area contributed by atoms with Gasteiger partial charge in [-0.25, -0.2) is 4.57 Å². The third-order valence-electron chi connectivity index (χ3n) is 0.784. The van der Waals surface area contributed by atoms with E-state index in [0.717, 1.165) is 4.90 Å². The van der Waals surface area contributed by atoms with E-state index in [-0.39, 0.29) is 71.6 Å². The van der Waals surface area contributed by atoms with Gasteiger partial charge < -0.3 is 30.4 Å². The third-order valence-corrected chi connectivity index (χ3v) is 0.784. The summed E-state index contributed by atoms with van der Waals surface area (Å²) >= 11 is 0. The predicted molar refractivity (Wildman–Crippen MR) is 60.7 cm³/mol. The number of hydrogen-bond acceptors (Lipinski definition) is 3. The maximum absolute atomic E-state index is 9.92. The van der Waals surface area contributed by atoms with Crippen LogP contribution in [0.5, 0.6) is 0 Å². The Morgan fingerprint density at radius 3 is 1.69 bits per heavy atom. The van der Waals surface area contributed by atoms with Crippen LogP contribution >= 0.6 is 7.82 Å². The Labute approximate surface area is 136 Å². The van der Waals surface area contributed by atoms with E-state index in [1.54, 1.807) is 0 Å². The minimum atomic E-state index is -4.64. The first-order valence-corrected chi connectivity index (χ1v) is 4.65. The molecule has 0 aromatic heterocycles. The second-order valence-electron chi connectivity index (χ2n) is 2.15. The van der Waals surface area contributed by atoms with Crippen LogP contribution in [0.2, 0.25) is 0 Å². The summed E-state index contributed by atoms with van der Waals surface area (Å²) in [5.41, 5.74) is 4.93. The maximum atomic E-state index is 9.92. The molecule has 0 aromatic rings. The van der Waals surface area contributed by atoms with E-state index in [4.69, 9.17) is 35.5 Å². The van der Waals surface area contributed by atoms with Gasteiger partial charge in [0, 0.05) is 7.05 Å². The van der Waals surface area contributed by atoms with Crippen molar-refractivity contribution in [3.05, 3.63) is 0 Å². The molecule has 0 spiro atoms. The molecule has 88 valence electrons. The summed E-state index contributed by atoms with van der Waals surface area (Å²) in [7, 11) is -3.20. The molecule has 0 fully saturated rings. The van der Waals surface area contributed by atoms with E-state index < -0.39 is 13.8 Å². The molecule has 16 heavy (non-hydrogen) atoms. The van der Waals surface area contributed by atoms with E-state index in [1.807, 2.05) is 0 Å². The van der Waals surface area contributed by atoms with Crippen LogP contribution in [0, 0.1) is 5.41 Å². The number of carboxylic acid groups (broad SMARTS) is 1. The molecular weight excluding hydrogens is 263 g/mol. The Morgan fingerprint density at radius 1 is 1.38 bits per heavy atom. The van der Waals surface area contributed by atoms with Crippen LogP contribution in [0.4, 0.5) is 0 Å². The zero-order valence-corrected chi connectivity index (χ0v) is 8.18. The van der Waals surface area contributed by atoms with Gasteiger partial charge in [0.05, 0.1) is 0 Å². The molecule has 0 atom stereocenters. The predicted octanol–water partition coefficient (Wildman–Crippen LogP) is -3.33. The molecule has 0 saturated carbocycles. The van der Waals surface area contributed by atoms with E-state index in [0.29, 0.717) is 0 Å². The topological polar surface area (TPSA) is 168 Å². The number of guanidine groups is 1. The van der Waals surface area contributed by atoms with Gasteiger partial charge in [0.2, 0.25) is 0 Å². The number of hydrogen-bond donors (Lipinski definition) is 6. The molecule has 0 aliphatic heterocycles. The van der Waals surface area contributed by atoms with Crippen molar-refractivity contribution in [1.82, 2.24) is 4.90 Å². The monoisotopic (exact) mass is 277 g/mol. The number of nitrogens with two attached hydrogens (primary N) is 1. The van der Waals surface area contributed by atoms with Gasteiger partial charge in [-0.15, -0.1) is 0 Å². The van der Waals surface area contributed by atoms with Crippen molar-refractivity contribution in [2.75, 3.05) is 13.6 Å². The standard InChI is InChI=1S/C4H9N3O2.2Na.H3O4P.2H/c1-7(4(5)6)2-3(8)9;;;1-5(2,3)4;;/h2H2,1H3,(H3,5,6)(H,8,9);;;(H3,1,2,3,4);;. The van der Waals surface area contributed by atoms with Gasteiger partial charge in [-0.1, -0.05) is 0 Å². The van der Waals surface area contributed by atoms with Gasteiger partial charge in [-0.05, 0) is 0 Å². The summed E-state index contributed by atoms with van der Waals surface area (Å²) in [4.78, 5) is 32.6. The number of carbonyl (C=O) groups is 1. The first-order chi connectivity index (χ1) is 6.04. The fourth-order valence-electron chi connectivity index (χ4n) is 0.288. The average Bonchev–Trinajstić information content (AvgIpc) is 1.80. The van der Waals surface area contributed by atoms with E-state index in [2.05, 4.69) is 0 Å². The summed E-state index contributed by atoms with van der Waals surface area (Å²) < 4.78 is 8.88. The quantitative estimate of drug-likeness (QED) is 0.132. The SMILES string of the molecule is CN(CC(=O)O)C(=N)N.O=P(O)(O)O.[NaH].[NaH]. The summed E-state index contributed by atoms with van der Waals surface area (Å²) in [5.74, 6) is -1.23. The number of aliphatic carboxylic acids is 1. The van der Waals surface area contributed by atoms with Crippen molar-refractivity contribution >= 4 is 78.9 Å². The summed E-state index contributed by atoms with van der Waals surface area (Å²) in [6, 6.07) is 0. The number of nitrogens with one attached hydrogen (secondary N) is 1. The molecule has 12 heteroatoms. The Morgan fingerprint density at radius 2 is 1.62 bits per heavy atom. The molecule has 0 saturated heterocycles. The fourth-order valence-corrected chi connectivity index (χ4v) is 0.288. The zero-order chi connectivity index (χ0) is 11.9. The summed E-state index contributed by atoms with van der Waals surface area (Å²) in [6.07, 6.45) is 0. The first kappa shape index (κ1) is 25.6. The second-order valence-corrected chi connectivity index (χ2v) is 3.17. The molecule has 7 N–H and O–H groups in total. The van der Waals surface area contributed by atoms with Crippen LogP contribution in [-0.2, 0) is 9.36 Å². The third kappa shape index (κ3) is 36.4. The summed E-state index contributed by atoms with van der Waals surface area (Å²) in [6.45, 7) is -0.227. The van der Waals surface area contributed by atoms with Crippen molar-refractivity contribution < 1.29 is 29.1 Å². The van der Waals surface area contributed by atoms with E-state index in [1.165, 1.54) is 7.05 Å². The number of carboxylic acids is 1. The van der Waals surface area contributed by atoms with Crippen LogP contribution in [0.25, 0.3) is 0 Å². The molecular formula is C4H14N3Na2O6P. The number of rotatable bonds is 2. The molecule has 0 aliphatic carbocycles. The molecule has 0 bridgehead atoms. The van der Waals surface area contributed by atoms with Crippen molar-refractivity contribution in [2.45, 2.75) is 0 Å². The van der Waals surface area contributed by atoms with E-state index in [9.17, 15) is 4.79 Å². The normalized spacial score (nSPS) is 8.50. The first-order valence-electron chi connectivity index (χ1n) is 3.09. The van der Waals surface area contributed by atoms with Crippen LogP contribution in [-0.4, -0.2) is 109 Å². The van der Waals surface area contributed by atoms with Gasteiger partial charge in [-0.2, -0.15) is 0 Å². The molecule has 0 rings (SSSR count). The van der Waals surface area contributed by atoms with Crippen molar-refractivity contribution in [3.8, 4) is 0 Å². The fraction of sp³-hybridized carbons (Fsp3) is 0.500. The van der Waals surface area contributed by atoms with Gasteiger partial charge >= 0.3 is 72.9 Å². The molecule has 0 unspecified atom stereocenters. The van der Waals surface area contributed by atoms with Crippen molar-refractivity contribution in [2.24, 2.45) is 5.73 Å². The molecule has 0 radical (unpaired) electrons. The Kier molecular flexibility index (Phi) is 19.7. The molecule has 0 heterocycles. The number of phosphoric acid groups is 1. The molecule has 0 aromatic carbocycles. The van der Waals surface area contributed by atoms with Crippen molar-refractivity contribution in [3.63, 3.8) is 0 Å². The van der Waals surface area contributed by atoms with Crippen LogP contribution < -0.4 is 5.73 Å². The number of nitrogens with zero attached hydrogens (tertiary/aromatic N) is 1. The van der Waals surface area contributed by atoms with Gasteiger partial charge in [0.1, 0.15) is 6.54 Å².